The monoisotopic (exact) mass is 440 g/mol. The largest absolute Gasteiger partial charge is 0.507 e. The van der Waals surface area contributed by atoms with Crippen LogP contribution in [0.25, 0.3) is 5.76 Å². The molecule has 7 nitrogen and oxygen atoms in total. The number of nitrogens with zero attached hydrogens (tertiary/aromatic N) is 2. The summed E-state index contributed by atoms with van der Waals surface area (Å²) in [6.07, 6.45) is 0.592. The minimum absolute atomic E-state index is 0.137. The van der Waals surface area contributed by atoms with Crippen molar-refractivity contribution in [1.82, 2.24) is 9.80 Å². The second-order valence-corrected chi connectivity index (χ2v) is 8.03. The van der Waals surface area contributed by atoms with Crippen molar-refractivity contribution < 1.29 is 28.6 Å². The molecule has 8 heteroatoms. The molecule has 0 radical (unpaired) electrons. The van der Waals surface area contributed by atoms with Crippen molar-refractivity contribution in [3.05, 3.63) is 65.0 Å². The van der Waals surface area contributed by atoms with Crippen LogP contribution in [0, 0.1) is 5.82 Å². The van der Waals surface area contributed by atoms with E-state index in [0.29, 0.717) is 43.2 Å². The van der Waals surface area contributed by atoms with Crippen molar-refractivity contribution in [2.24, 2.45) is 0 Å². The molecule has 2 aliphatic rings. The van der Waals surface area contributed by atoms with E-state index >= 15 is 0 Å². The lowest BCUT2D eigenvalue weighted by molar-refractivity contribution is -0.140. The Kier molecular flexibility index (Phi) is 6.14. The van der Waals surface area contributed by atoms with Gasteiger partial charge in [-0.15, -0.1) is 0 Å². The van der Waals surface area contributed by atoms with Gasteiger partial charge in [0, 0.05) is 17.7 Å². The highest BCUT2D eigenvalue weighted by atomic mass is 19.1. The lowest BCUT2D eigenvalue weighted by atomic mass is 9.94. The Morgan fingerprint density at radius 3 is 2.56 bits per heavy atom. The van der Waals surface area contributed by atoms with Gasteiger partial charge in [0.1, 0.15) is 24.8 Å². The number of hydrogen-bond donors (Lipinski definition) is 1. The van der Waals surface area contributed by atoms with Gasteiger partial charge in [-0.05, 0) is 51.3 Å². The summed E-state index contributed by atoms with van der Waals surface area (Å²) in [4.78, 5) is 29.2. The molecule has 0 aromatic heterocycles. The molecule has 0 aliphatic carbocycles. The van der Waals surface area contributed by atoms with Gasteiger partial charge in [-0.1, -0.05) is 18.2 Å². The van der Waals surface area contributed by atoms with Crippen LogP contribution >= 0.6 is 0 Å². The quantitative estimate of drug-likeness (QED) is 0.423. The fourth-order valence-corrected chi connectivity index (χ4v) is 4.03. The predicted octanol–water partition coefficient (Wildman–Crippen LogP) is 2.97. The first-order chi connectivity index (χ1) is 15.4. The van der Waals surface area contributed by atoms with Gasteiger partial charge in [-0.3, -0.25) is 9.59 Å². The molecule has 1 saturated heterocycles. The Morgan fingerprint density at radius 2 is 1.84 bits per heavy atom. The van der Waals surface area contributed by atoms with Crippen LogP contribution in [0.15, 0.2) is 48.0 Å². The molecule has 2 heterocycles. The molecule has 1 N–H and O–H groups in total. The van der Waals surface area contributed by atoms with Crippen LogP contribution < -0.4 is 9.47 Å². The van der Waals surface area contributed by atoms with Crippen molar-refractivity contribution in [2.75, 3.05) is 40.4 Å². The maximum Gasteiger partial charge on any atom is 0.295 e. The Morgan fingerprint density at radius 1 is 1.12 bits per heavy atom. The second kappa shape index (κ2) is 9.00. The molecule has 0 saturated carbocycles. The topological polar surface area (TPSA) is 79.3 Å². The van der Waals surface area contributed by atoms with Crippen molar-refractivity contribution in [3.63, 3.8) is 0 Å². The van der Waals surface area contributed by atoms with E-state index < -0.39 is 23.5 Å². The Hall–Kier alpha value is -3.39. The maximum absolute atomic E-state index is 14.8. The van der Waals surface area contributed by atoms with E-state index in [1.165, 1.54) is 23.1 Å². The molecule has 4 rings (SSSR count). The molecule has 2 aromatic rings. The average molecular weight is 440 g/mol. The van der Waals surface area contributed by atoms with Gasteiger partial charge in [0.2, 0.25) is 0 Å². The maximum atomic E-state index is 14.8. The van der Waals surface area contributed by atoms with Crippen LogP contribution in [0.2, 0.25) is 0 Å². The summed E-state index contributed by atoms with van der Waals surface area (Å²) in [5, 5.41) is 11.1. The number of aliphatic hydroxyl groups excluding tert-OH is 1. The van der Waals surface area contributed by atoms with Gasteiger partial charge in [0.15, 0.2) is 11.5 Å². The number of amides is 1. The number of fused-ring (bicyclic) bond motifs is 1. The fourth-order valence-electron chi connectivity index (χ4n) is 4.03. The SMILES string of the molecule is CN(C)CCCN1C(=O)C(=O)C(=C(O)c2ccc3c(c2)OCCO3)[C@@H]1c1ccccc1F. The normalized spacial score (nSPS) is 19.6. The molecule has 32 heavy (non-hydrogen) atoms. The third-order valence-corrected chi connectivity index (χ3v) is 5.56. The van der Waals surface area contributed by atoms with E-state index in [2.05, 4.69) is 0 Å². The third kappa shape index (κ3) is 4.05. The van der Waals surface area contributed by atoms with Crippen LogP contribution in [0.1, 0.15) is 23.6 Å². The van der Waals surface area contributed by atoms with Crippen molar-refractivity contribution >= 4 is 17.4 Å². The molecule has 1 amide bonds. The molecule has 0 bridgehead atoms. The second-order valence-electron chi connectivity index (χ2n) is 8.03. The van der Waals surface area contributed by atoms with Gasteiger partial charge in [-0.25, -0.2) is 4.39 Å². The van der Waals surface area contributed by atoms with Crippen molar-refractivity contribution in [2.45, 2.75) is 12.5 Å². The van der Waals surface area contributed by atoms with Crippen LogP contribution in [-0.4, -0.2) is 67.0 Å². The van der Waals surface area contributed by atoms with E-state index in [9.17, 15) is 19.1 Å². The molecule has 0 spiro atoms. The zero-order valence-corrected chi connectivity index (χ0v) is 18.0. The highest BCUT2D eigenvalue weighted by Gasteiger charge is 2.46. The molecular weight excluding hydrogens is 415 g/mol. The van der Waals surface area contributed by atoms with E-state index in [4.69, 9.17) is 9.47 Å². The molecule has 0 unspecified atom stereocenters. The number of carbonyl (C=O) groups is 2. The summed E-state index contributed by atoms with van der Waals surface area (Å²) in [7, 11) is 3.81. The highest BCUT2D eigenvalue weighted by molar-refractivity contribution is 6.46. The smallest absolute Gasteiger partial charge is 0.295 e. The van der Waals surface area contributed by atoms with Crippen LogP contribution in [-0.2, 0) is 9.59 Å². The molecular formula is C24H25FN2O5. The Bertz CT molecular complexity index is 1080. The Labute approximate surface area is 185 Å². The summed E-state index contributed by atoms with van der Waals surface area (Å²) in [5.74, 6) is -1.55. The summed E-state index contributed by atoms with van der Waals surface area (Å²) in [5.41, 5.74) is 0.319. The number of halogens is 1. The molecule has 1 fully saturated rings. The molecule has 2 aliphatic heterocycles. The standard InChI is InChI=1S/C24H25FN2O5/c1-26(2)10-5-11-27-21(16-6-3-4-7-17(16)25)20(23(29)24(27)30)22(28)15-8-9-18-19(14-15)32-13-12-31-18/h3-4,6-9,14,21,28H,5,10-13H2,1-2H3/t21-/m0/s1. The Balaban J connectivity index is 1.80. The van der Waals surface area contributed by atoms with Crippen molar-refractivity contribution in [1.29, 1.82) is 0 Å². The lowest BCUT2D eigenvalue weighted by Crippen LogP contribution is -2.32. The number of ether oxygens (including phenoxy) is 2. The summed E-state index contributed by atoms with van der Waals surface area (Å²) in [6, 6.07) is 9.74. The van der Waals surface area contributed by atoms with E-state index in [1.54, 1.807) is 24.3 Å². The summed E-state index contributed by atoms with van der Waals surface area (Å²) in [6.45, 7) is 1.72. The number of Topliss-reactive ketones (excluding diaryl/α,β-unsaturated/α-hetero) is 1. The zero-order valence-electron chi connectivity index (χ0n) is 18.0. The van der Waals surface area contributed by atoms with E-state index in [0.717, 1.165) is 0 Å². The van der Waals surface area contributed by atoms with Gasteiger partial charge in [0.05, 0.1) is 11.6 Å². The lowest BCUT2D eigenvalue weighted by Gasteiger charge is -2.26. The number of benzene rings is 2. The van der Waals surface area contributed by atoms with Crippen molar-refractivity contribution in [3.8, 4) is 11.5 Å². The number of hydrogen-bond acceptors (Lipinski definition) is 6. The first-order valence-corrected chi connectivity index (χ1v) is 10.5. The summed E-state index contributed by atoms with van der Waals surface area (Å²) >= 11 is 0. The fraction of sp³-hybridized carbons (Fsp3) is 0.333. The number of ketones is 1. The summed E-state index contributed by atoms with van der Waals surface area (Å²) < 4.78 is 25.9. The van der Waals surface area contributed by atoms with Crippen LogP contribution in [0.3, 0.4) is 0 Å². The number of aliphatic hydroxyl groups is 1. The zero-order chi connectivity index (χ0) is 22.8. The van der Waals surface area contributed by atoms with E-state index in [-0.39, 0.29) is 23.4 Å². The molecule has 168 valence electrons. The van der Waals surface area contributed by atoms with Gasteiger partial charge in [0.25, 0.3) is 11.7 Å². The minimum Gasteiger partial charge on any atom is -0.507 e. The first-order valence-electron chi connectivity index (χ1n) is 10.5. The van der Waals surface area contributed by atoms with E-state index in [1.807, 2.05) is 19.0 Å². The van der Waals surface area contributed by atoms with Crippen LogP contribution in [0.4, 0.5) is 4.39 Å². The third-order valence-electron chi connectivity index (χ3n) is 5.56. The van der Waals surface area contributed by atoms with Gasteiger partial charge < -0.3 is 24.4 Å². The first kappa shape index (κ1) is 21.8. The average Bonchev–Trinajstić information content (AvgIpc) is 3.03. The van der Waals surface area contributed by atoms with Gasteiger partial charge in [-0.2, -0.15) is 0 Å². The van der Waals surface area contributed by atoms with Gasteiger partial charge >= 0.3 is 0 Å². The highest BCUT2D eigenvalue weighted by Crippen LogP contribution is 2.41. The number of carbonyl (C=O) groups excluding carboxylic acids is 2. The number of rotatable bonds is 6. The van der Waals surface area contributed by atoms with Crippen LogP contribution in [0.5, 0.6) is 11.5 Å². The molecule has 2 aromatic carbocycles. The minimum atomic E-state index is -1.02. The predicted molar refractivity (Wildman–Crippen MR) is 116 cm³/mol. The molecule has 1 atom stereocenters. The number of likely N-dealkylation sites (tertiary alicyclic amines) is 1.